The summed E-state index contributed by atoms with van der Waals surface area (Å²) in [6.07, 6.45) is 6.10. The van der Waals surface area contributed by atoms with Crippen LogP contribution in [0.1, 0.15) is 36.0 Å². The SMILES string of the molecule is Cc1nccn1-c1cccc([C@H]2CCCN2C(=O)Cc2ccccc2)n1. The molecule has 1 atom stereocenters. The molecule has 1 amide bonds. The summed E-state index contributed by atoms with van der Waals surface area (Å²) in [4.78, 5) is 23.9. The molecule has 4 rings (SSSR count). The number of carbonyl (C=O) groups is 1. The van der Waals surface area contributed by atoms with E-state index in [1.165, 1.54) is 0 Å². The van der Waals surface area contributed by atoms with Crippen molar-refractivity contribution in [3.05, 3.63) is 78.0 Å². The van der Waals surface area contributed by atoms with Crippen LogP contribution in [0, 0.1) is 6.92 Å². The summed E-state index contributed by atoms with van der Waals surface area (Å²) < 4.78 is 1.97. The minimum Gasteiger partial charge on any atom is -0.334 e. The van der Waals surface area contributed by atoms with Crippen LogP contribution in [-0.4, -0.2) is 31.9 Å². The van der Waals surface area contributed by atoms with Gasteiger partial charge in [0.05, 0.1) is 18.2 Å². The molecule has 0 unspecified atom stereocenters. The Morgan fingerprint density at radius 2 is 2.00 bits per heavy atom. The zero-order valence-electron chi connectivity index (χ0n) is 14.9. The molecular weight excluding hydrogens is 324 g/mol. The van der Waals surface area contributed by atoms with Crippen molar-refractivity contribution in [1.29, 1.82) is 0 Å². The van der Waals surface area contributed by atoms with Gasteiger partial charge in [-0.2, -0.15) is 0 Å². The van der Waals surface area contributed by atoms with Crippen LogP contribution in [0.5, 0.6) is 0 Å². The number of hydrogen-bond donors (Lipinski definition) is 0. The Kier molecular flexibility index (Phi) is 4.52. The smallest absolute Gasteiger partial charge is 0.227 e. The van der Waals surface area contributed by atoms with E-state index in [2.05, 4.69) is 4.98 Å². The van der Waals surface area contributed by atoms with Gasteiger partial charge in [0.2, 0.25) is 5.91 Å². The predicted octanol–water partition coefficient (Wildman–Crippen LogP) is 3.48. The quantitative estimate of drug-likeness (QED) is 0.727. The molecule has 0 N–H and O–H groups in total. The highest BCUT2D eigenvalue weighted by atomic mass is 16.2. The average molecular weight is 346 g/mol. The van der Waals surface area contributed by atoms with E-state index < -0.39 is 0 Å². The summed E-state index contributed by atoms with van der Waals surface area (Å²) in [6, 6.07) is 16.0. The Morgan fingerprint density at radius 1 is 1.15 bits per heavy atom. The molecule has 1 aromatic carbocycles. The number of carbonyl (C=O) groups excluding carboxylic acids is 1. The highest BCUT2D eigenvalue weighted by Crippen LogP contribution is 2.31. The maximum atomic E-state index is 12.8. The summed E-state index contributed by atoms with van der Waals surface area (Å²) in [5.41, 5.74) is 2.01. The number of nitrogens with zero attached hydrogens (tertiary/aromatic N) is 4. The lowest BCUT2D eigenvalue weighted by Crippen LogP contribution is -2.32. The molecule has 0 aliphatic carbocycles. The second-order valence-electron chi connectivity index (χ2n) is 6.67. The van der Waals surface area contributed by atoms with Crippen LogP contribution in [0.2, 0.25) is 0 Å². The number of aromatic nitrogens is 3. The molecule has 5 nitrogen and oxygen atoms in total. The number of rotatable bonds is 4. The summed E-state index contributed by atoms with van der Waals surface area (Å²) in [7, 11) is 0. The van der Waals surface area contributed by atoms with E-state index in [1.807, 2.05) is 71.1 Å². The fourth-order valence-corrected chi connectivity index (χ4v) is 3.62. The monoisotopic (exact) mass is 346 g/mol. The van der Waals surface area contributed by atoms with Gasteiger partial charge in [-0.1, -0.05) is 36.4 Å². The third-order valence-electron chi connectivity index (χ3n) is 4.94. The summed E-state index contributed by atoms with van der Waals surface area (Å²) >= 11 is 0. The van der Waals surface area contributed by atoms with Gasteiger partial charge in [-0.25, -0.2) is 9.97 Å². The van der Waals surface area contributed by atoms with Crippen molar-refractivity contribution in [2.75, 3.05) is 6.54 Å². The Bertz CT molecular complexity index is 903. The Labute approximate surface area is 153 Å². The summed E-state index contributed by atoms with van der Waals surface area (Å²) in [5, 5.41) is 0. The van der Waals surface area contributed by atoms with Crippen molar-refractivity contribution in [2.45, 2.75) is 32.2 Å². The van der Waals surface area contributed by atoms with Gasteiger partial charge >= 0.3 is 0 Å². The van der Waals surface area contributed by atoms with Gasteiger partial charge in [-0.05, 0) is 37.5 Å². The molecule has 132 valence electrons. The molecule has 1 aliphatic heterocycles. The Balaban J connectivity index is 1.57. The zero-order chi connectivity index (χ0) is 17.9. The van der Waals surface area contributed by atoms with E-state index in [1.54, 1.807) is 6.20 Å². The predicted molar refractivity (Wildman–Crippen MR) is 99.9 cm³/mol. The van der Waals surface area contributed by atoms with Crippen molar-refractivity contribution in [3.8, 4) is 5.82 Å². The molecule has 0 radical (unpaired) electrons. The van der Waals surface area contributed by atoms with E-state index in [0.29, 0.717) is 6.42 Å². The number of likely N-dealkylation sites (tertiary alicyclic amines) is 1. The van der Waals surface area contributed by atoms with Crippen molar-refractivity contribution in [3.63, 3.8) is 0 Å². The van der Waals surface area contributed by atoms with Crippen molar-refractivity contribution >= 4 is 5.91 Å². The van der Waals surface area contributed by atoms with Gasteiger partial charge in [0.15, 0.2) is 0 Å². The van der Waals surface area contributed by atoms with E-state index in [9.17, 15) is 4.79 Å². The van der Waals surface area contributed by atoms with Gasteiger partial charge in [0.1, 0.15) is 11.6 Å². The van der Waals surface area contributed by atoms with Crippen LogP contribution >= 0.6 is 0 Å². The lowest BCUT2D eigenvalue weighted by Gasteiger charge is -2.25. The Hall–Kier alpha value is -2.95. The molecule has 3 aromatic rings. The van der Waals surface area contributed by atoms with Crippen LogP contribution in [0.25, 0.3) is 5.82 Å². The summed E-state index contributed by atoms with van der Waals surface area (Å²) in [6.45, 7) is 2.76. The fourth-order valence-electron chi connectivity index (χ4n) is 3.62. The molecule has 1 aliphatic rings. The molecule has 0 spiro atoms. The van der Waals surface area contributed by atoms with Gasteiger partial charge in [-0.3, -0.25) is 9.36 Å². The molecule has 1 fully saturated rings. The maximum Gasteiger partial charge on any atom is 0.227 e. The largest absolute Gasteiger partial charge is 0.334 e. The van der Waals surface area contributed by atoms with Crippen LogP contribution in [0.4, 0.5) is 0 Å². The number of hydrogen-bond acceptors (Lipinski definition) is 3. The molecular formula is C21H22N4O. The van der Waals surface area contributed by atoms with E-state index >= 15 is 0 Å². The zero-order valence-corrected chi connectivity index (χ0v) is 14.9. The van der Waals surface area contributed by atoms with E-state index in [-0.39, 0.29) is 11.9 Å². The number of imidazole rings is 1. The minimum absolute atomic E-state index is 0.0509. The second kappa shape index (κ2) is 7.12. The first-order chi connectivity index (χ1) is 12.7. The first-order valence-electron chi connectivity index (χ1n) is 9.03. The maximum absolute atomic E-state index is 12.8. The average Bonchev–Trinajstić information content (AvgIpc) is 3.32. The molecule has 1 saturated heterocycles. The third-order valence-corrected chi connectivity index (χ3v) is 4.94. The summed E-state index contributed by atoms with van der Waals surface area (Å²) in [5.74, 6) is 1.92. The number of aryl methyl sites for hydroxylation is 1. The van der Waals surface area contributed by atoms with Crippen molar-refractivity contribution in [2.24, 2.45) is 0 Å². The molecule has 26 heavy (non-hydrogen) atoms. The molecule has 5 heteroatoms. The van der Waals surface area contributed by atoms with E-state index in [4.69, 9.17) is 4.98 Å². The van der Waals surface area contributed by atoms with Gasteiger partial charge in [-0.15, -0.1) is 0 Å². The van der Waals surface area contributed by atoms with Crippen LogP contribution < -0.4 is 0 Å². The number of amides is 1. The van der Waals surface area contributed by atoms with Gasteiger partial charge < -0.3 is 4.90 Å². The normalized spacial score (nSPS) is 16.8. The topological polar surface area (TPSA) is 51.0 Å². The first-order valence-corrected chi connectivity index (χ1v) is 9.03. The molecule has 2 aromatic heterocycles. The van der Waals surface area contributed by atoms with Crippen LogP contribution in [0.15, 0.2) is 60.9 Å². The number of pyridine rings is 1. The van der Waals surface area contributed by atoms with E-state index in [0.717, 1.165) is 42.3 Å². The lowest BCUT2D eigenvalue weighted by molar-refractivity contribution is -0.131. The van der Waals surface area contributed by atoms with Gasteiger partial charge in [0, 0.05) is 18.9 Å². The third kappa shape index (κ3) is 3.25. The fraction of sp³-hybridized carbons (Fsp3) is 0.286. The van der Waals surface area contributed by atoms with Crippen molar-refractivity contribution in [1.82, 2.24) is 19.4 Å². The highest BCUT2D eigenvalue weighted by molar-refractivity contribution is 5.79. The Morgan fingerprint density at radius 3 is 2.77 bits per heavy atom. The highest BCUT2D eigenvalue weighted by Gasteiger charge is 2.30. The second-order valence-corrected chi connectivity index (χ2v) is 6.67. The first kappa shape index (κ1) is 16.5. The lowest BCUT2D eigenvalue weighted by atomic mass is 10.1. The van der Waals surface area contributed by atoms with Gasteiger partial charge in [0.25, 0.3) is 0 Å². The number of benzene rings is 1. The van der Waals surface area contributed by atoms with Crippen LogP contribution in [-0.2, 0) is 11.2 Å². The molecule has 0 bridgehead atoms. The van der Waals surface area contributed by atoms with Crippen molar-refractivity contribution < 1.29 is 4.79 Å². The minimum atomic E-state index is 0.0509. The standard InChI is InChI=1S/C21H22N4O/c1-16-22-12-14-24(16)20-11-5-9-18(23-20)19-10-6-13-25(19)21(26)15-17-7-3-2-4-8-17/h2-5,7-9,11-12,14,19H,6,10,13,15H2,1H3/t19-/m1/s1. The molecule has 3 heterocycles. The molecule has 0 saturated carbocycles. The van der Waals surface area contributed by atoms with Crippen LogP contribution in [0.3, 0.4) is 0 Å².